The highest BCUT2D eigenvalue weighted by Crippen LogP contribution is 2.42. The Balaban J connectivity index is 2.48. The number of aryl methyl sites for hydroxylation is 3. The normalized spacial score (nSPS) is 13.0. The molecule has 5 nitrogen and oxygen atoms in total. The van der Waals surface area contributed by atoms with E-state index in [9.17, 15) is 14.3 Å². The van der Waals surface area contributed by atoms with E-state index in [-0.39, 0.29) is 6.54 Å². The van der Waals surface area contributed by atoms with Crippen LogP contribution in [-0.4, -0.2) is 32.9 Å². The van der Waals surface area contributed by atoms with Crippen molar-refractivity contribution < 1.29 is 19.0 Å². The molecule has 0 saturated heterocycles. The van der Waals surface area contributed by atoms with Crippen LogP contribution in [-0.2, 0) is 16.1 Å². The Morgan fingerprint density at radius 1 is 1.23 bits per heavy atom. The quantitative estimate of drug-likeness (QED) is 0.490. The number of pyridine rings is 1. The first-order chi connectivity index (χ1) is 14.5. The maximum absolute atomic E-state index is 13.3. The van der Waals surface area contributed by atoms with E-state index in [1.54, 1.807) is 19.1 Å². The molecule has 1 aromatic carbocycles. The van der Waals surface area contributed by atoms with Gasteiger partial charge in [0.1, 0.15) is 12.3 Å². The average Bonchev–Trinajstić information content (AvgIpc) is 2.90. The fourth-order valence-electron chi connectivity index (χ4n) is 3.98. The predicted molar refractivity (Wildman–Crippen MR) is 122 cm³/mol. The molecule has 3 rings (SSSR count). The van der Waals surface area contributed by atoms with E-state index in [2.05, 4.69) is 0 Å². The minimum atomic E-state index is -1.22. The van der Waals surface area contributed by atoms with Crippen LogP contribution in [0, 0.1) is 20.8 Å². The zero-order valence-electron chi connectivity index (χ0n) is 18.7. The lowest BCUT2D eigenvalue weighted by molar-refractivity contribution is -0.160. The molecule has 7 heteroatoms. The van der Waals surface area contributed by atoms with E-state index < -0.39 is 24.3 Å². The van der Waals surface area contributed by atoms with Crippen LogP contribution >= 0.6 is 11.6 Å². The fourth-order valence-corrected chi connectivity index (χ4v) is 4.10. The van der Waals surface area contributed by atoms with E-state index in [0.29, 0.717) is 21.9 Å². The van der Waals surface area contributed by atoms with Gasteiger partial charge in [-0.1, -0.05) is 23.7 Å². The standard InChI is InChI=1S/C24H28ClFN2O3/c1-13-15(3)28(12-11-26)22-18(13)20(16-7-9-17(25)10-8-16)19(14(2)27-22)21(23(29)30)31-24(4,5)6/h7-10,21H,11-12H2,1-6H3,(H,29,30)/t21-/m0/s1. The molecule has 166 valence electrons. The number of alkyl halides is 1. The van der Waals surface area contributed by atoms with Gasteiger partial charge < -0.3 is 14.4 Å². The van der Waals surface area contributed by atoms with Crippen molar-refractivity contribution in [3.05, 3.63) is 51.8 Å². The van der Waals surface area contributed by atoms with E-state index >= 15 is 0 Å². The monoisotopic (exact) mass is 446 g/mol. The van der Waals surface area contributed by atoms with Gasteiger partial charge >= 0.3 is 5.97 Å². The highest BCUT2D eigenvalue weighted by atomic mass is 35.5. The van der Waals surface area contributed by atoms with Crippen molar-refractivity contribution in [1.29, 1.82) is 0 Å². The Labute approximate surface area is 186 Å². The van der Waals surface area contributed by atoms with Crippen LogP contribution < -0.4 is 0 Å². The Morgan fingerprint density at radius 3 is 2.35 bits per heavy atom. The van der Waals surface area contributed by atoms with Crippen molar-refractivity contribution in [2.45, 2.75) is 59.8 Å². The van der Waals surface area contributed by atoms with Crippen LogP contribution in [0.2, 0.25) is 5.02 Å². The molecule has 2 aromatic heterocycles. The number of halogens is 2. The van der Waals surface area contributed by atoms with Gasteiger partial charge in [-0.3, -0.25) is 0 Å². The number of benzene rings is 1. The SMILES string of the molecule is Cc1nc2c(c(C)c(C)n2CCF)c(-c2ccc(Cl)cc2)c1[C@H](OC(C)(C)C)C(=O)O. The van der Waals surface area contributed by atoms with Crippen LogP contribution in [0.25, 0.3) is 22.2 Å². The first-order valence-corrected chi connectivity index (χ1v) is 10.6. The maximum atomic E-state index is 13.3. The van der Waals surface area contributed by atoms with Gasteiger partial charge in [0.25, 0.3) is 0 Å². The van der Waals surface area contributed by atoms with Crippen LogP contribution in [0.1, 0.15) is 49.4 Å². The summed E-state index contributed by atoms with van der Waals surface area (Å²) in [5, 5.41) is 11.5. The highest BCUT2D eigenvalue weighted by Gasteiger charge is 2.33. The van der Waals surface area contributed by atoms with Gasteiger partial charge in [-0.2, -0.15) is 0 Å². The van der Waals surface area contributed by atoms with Crippen molar-refractivity contribution in [3.63, 3.8) is 0 Å². The van der Waals surface area contributed by atoms with Gasteiger partial charge in [-0.15, -0.1) is 0 Å². The molecule has 1 N–H and O–H groups in total. The molecule has 0 saturated carbocycles. The zero-order valence-corrected chi connectivity index (χ0v) is 19.5. The first kappa shape index (κ1) is 23.2. The third-order valence-corrected chi connectivity index (χ3v) is 5.64. The Kier molecular flexibility index (Phi) is 6.44. The number of carboxylic acids is 1. The lowest BCUT2D eigenvalue weighted by Gasteiger charge is -2.28. The third kappa shape index (κ3) is 4.46. The van der Waals surface area contributed by atoms with Crippen LogP contribution in [0.3, 0.4) is 0 Å². The van der Waals surface area contributed by atoms with E-state index in [1.807, 2.05) is 51.3 Å². The number of aromatic nitrogens is 2. The van der Waals surface area contributed by atoms with Crippen molar-refractivity contribution in [1.82, 2.24) is 9.55 Å². The van der Waals surface area contributed by atoms with Crippen LogP contribution in [0.5, 0.6) is 0 Å². The summed E-state index contributed by atoms with van der Waals surface area (Å²) < 4.78 is 21.1. The van der Waals surface area contributed by atoms with Gasteiger partial charge in [0, 0.05) is 32.9 Å². The number of carbonyl (C=O) groups is 1. The van der Waals surface area contributed by atoms with Crippen LogP contribution in [0.4, 0.5) is 4.39 Å². The number of ether oxygens (including phenoxy) is 1. The lowest BCUT2D eigenvalue weighted by Crippen LogP contribution is -2.28. The van der Waals surface area contributed by atoms with Crippen molar-refractivity contribution in [2.24, 2.45) is 0 Å². The molecule has 3 aromatic rings. The molecule has 0 aliphatic rings. The third-order valence-electron chi connectivity index (χ3n) is 5.38. The molecular weight excluding hydrogens is 419 g/mol. The molecule has 0 aliphatic heterocycles. The molecular formula is C24H28ClFN2O3. The minimum Gasteiger partial charge on any atom is -0.479 e. The summed E-state index contributed by atoms with van der Waals surface area (Å²) in [4.78, 5) is 17.1. The van der Waals surface area contributed by atoms with E-state index in [1.165, 1.54) is 0 Å². The smallest absolute Gasteiger partial charge is 0.337 e. The van der Waals surface area contributed by atoms with Crippen LogP contribution in [0.15, 0.2) is 24.3 Å². The fraction of sp³-hybridized carbons (Fsp3) is 0.417. The number of hydrogen-bond donors (Lipinski definition) is 1. The number of nitrogens with zero attached hydrogens (tertiary/aromatic N) is 2. The molecule has 0 fully saturated rings. The van der Waals surface area contributed by atoms with Crippen molar-refractivity contribution in [3.8, 4) is 11.1 Å². The summed E-state index contributed by atoms with van der Waals surface area (Å²) in [5.74, 6) is -1.09. The van der Waals surface area contributed by atoms with Gasteiger partial charge in [-0.05, 0) is 64.8 Å². The maximum Gasteiger partial charge on any atom is 0.337 e. The van der Waals surface area contributed by atoms with Gasteiger partial charge in [0.05, 0.1) is 12.1 Å². The first-order valence-electron chi connectivity index (χ1n) is 10.2. The van der Waals surface area contributed by atoms with Crippen molar-refractivity contribution in [2.75, 3.05) is 6.67 Å². The van der Waals surface area contributed by atoms with Gasteiger partial charge in [-0.25, -0.2) is 14.2 Å². The molecule has 0 unspecified atom stereocenters. The number of fused-ring (bicyclic) bond motifs is 1. The molecule has 0 bridgehead atoms. The number of carboxylic acid groups (broad SMARTS) is 1. The summed E-state index contributed by atoms with van der Waals surface area (Å²) in [7, 11) is 0. The van der Waals surface area contributed by atoms with E-state index in [4.69, 9.17) is 21.3 Å². The Hall–Kier alpha value is -2.44. The van der Waals surface area contributed by atoms with Gasteiger partial charge in [0.2, 0.25) is 0 Å². The summed E-state index contributed by atoms with van der Waals surface area (Å²) >= 11 is 6.11. The van der Waals surface area contributed by atoms with Gasteiger partial charge in [0.15, 0.2) is 6.10 Å². The average molecular weight is 447 g/mol. The summed E-state index contributed by atoms with van der Waals surface area (Å²) in [6.07, 6.45) is -1.22. The molecule has 31 heavy (non-hydrogen) atoms. The number of rotatable bonds is 6. The van der Waals surface area contributed by atoms with E-state index in [0.717, 1.165) is 27.8 Å². The second kappa shape index (κ2) is 8.60. The zero-order chi connectivity index (χ0) is 23.1. The molecule has 0 radical (unpaired) electrons. The lowest BCUT2D eigenvalue weighted by atomic mass is 9.91. The Bertz CT molecular complexity index is 1130. The second-order valence-corrected chi connectivity index (χ2v) is 9.13. The molecule has 1 atom stereocenters. The summed E-state index contributed by atoms with van der Waals surface area (Å²) in [6, 6.07) is 7.25. The van der Waals surface area contributed by atoms with Crippen molar-refractivity contribution >= 4 is 28.6 Å². The predicted octanol–water partition coefficient (Wildman–Crippen LogP) is 6.19. The number of hydrogen-bond acceptors (Lipinski definition) is 3. The molecule has 0 spiro atoms. The highest BCUT2D eigenvalue weighted by molar-refractivity contribution is 6.30. The molecule has 2 heterocycles. The molecule has 0 aliphatic carbocycles. The Morgan fingerprint density at radius 2 is 1.84 bits per heavy atom. The summed E-state index contributed by atoms with van der Waals surface area (Å²) in [6.45, 7) is 10.8. The second-order valence-electron chi connectivity index (χ2n) is 8.69. The number of aliphatic carboxylic acids is 1. The summed E-state index contributed by atoms with van der Waals surface area (Å²) in [5.41, 5.74) is 4.35. The molecule has 0 amide bonds. The minimum absolute atomic E-state index is 0.183. The topological polar surface area (TPSA) is 64.4 Å². The largest absolute Gasteiger partial charge is 0.479 e.